The minimum Gasteiger partial charge on any atom is -0.267 e. The molecular formula is C15H9BrClN3. The average Bonchev–Trinajstić information content (AvgIpc) is 2.78. The lowest BCUT2D eigenvalue weighted by Gasteiger charge is -1.96. The normalized spacial score (nSPS) is 10.3. The van der Waals surface area contributed by atoms with Gasteiger partial charge in [0.2, 0.25) is 0 Å². The number of nitrogens with zero attached hydrogens (tertiary/aromatic N) is 3. The second-order valence-electron chi connectivity index (χ2n) is 4.19. The number of rotatable bonds is 0. The van der Waals surface area contributed by atoms with E-state index >= 15 is 0 Å². The molecule has 5 heteroatoms. The Bertz CT molecular complexity index is 858. The van der Waals surface area contributed by atoms with Gasteiger partial charge >= 0.3 is 0 Å². The second-order valence-corrected chi connectivity index (χ2v) is 5.43. The van der Waals surface area contributed by atoms with Gasteiger partial charge in [0.05, 0.1) is 10.5 Å². The average molecular weight is 347 g/mol. The summed E-state index contributed by atoms with van der Waals surface area (Å²) in [6.45, 7) is 0. The zero-order chi connectivity index (χ0) is 14.1. The smallest absolute Gasteiger partial charge is 0.143 e. The molecule has 0 radical (unpaired) electrons. The summed E-state index contributed by atoms with van der Waals surface area (Å²) in [5.41, 5.74) is 2.31. The van der Waals surface area contributed by atoms with Gasteiger partial charge in [-0.05, 0) is 46.0 Å². The van der Waals surface area contributed by atoms with Crippen molar-refractivity contribution in [1.29, 1.82) is 0 Å². The van der Waals surface area contributed by atoms with E-state index in [4.69, 9.17) is 11.6 Å². The number of benzene rings is 1. The predicted octanol–water partition coefficient (Wildman–Crippen LogP) is 3.78. The minimum atomic E-state index is 0.514. The van der Waals surface area contributed by atoms with Crippen LogP contribution in [0.1, 0.15) is 11.4 Å². The van der Waals surface area contributed by atoms with Crippen molar-refractivity contribution in [3.05, 3.63) is 57.4 Å². The summed E-state index contributed by atoms with van der Waals surface area (Å²) < 4.78 is 2.60. The summed E-state index contributed by atoms with van der Waals surface area (Å²) in [6, 6.07) is 9.75. The first-order chi connectivity index (χ1) is 9.66. The van der Waals surface area contributed by atoms with Crippen LogP contribution in [-0.2, 0) is 7.05 Å². The fraction of sp³-hybridized carbons (Fsp3) is 0.0667. The maximum Gasteiger partial charge on any atom is 0.143 e. The third-order valence-corrected chi connectivity index (χ3v) is 4.17. The Morgan fingerprint density at radius 1 is 1.15 bits per heavy atom. The Labute approximate surface area is 129 Å². The molecule has 0 fully saturated rings. The molecule has 0 N–H and O–H groups in total. The molecule has 3 rings (SSSR count). The third kappa shape index (κ3) is 2.31. The maximum atomic E-state index is 6.15. The molecule has 0 bridgehead atoms. The first kappa shape index (κ1) is 13.2. The lowest BCUT2D eigenvalue weighted by atomic mass is 10.2. The zero-order valence-corrected chi connectivity index (χ0v) is 12.9. The highest BCUT2D eigenvalue weighted by molar-refractivity contribution is 9.10. The van der Waals surface area contributed by atoms with Gasteiger partial charge in [-0.2, -0.15) is 5.10 Å². The Morgan fingerprint density at radius 3 is 2.75 bits per heavy atom. The molecule has 1 aromatic carbocycles. The van der Waals surface area contributed by atoms with Crippen LogP contribution in [0.5, 0.6) is 0 Å². The summed E-state index contributed by atoms with van der Waals surface area (Å²) in [5, 5.41) is 5.95. The molecule has 20 heavy (non-hydrogen) atoms. The number of fused-ring (bicyclic) bond motifs is 1. The molecular weight excluding hydrogens is 338 g/mol. The SMILES string of the molecule is Cn1nc(C#Cc2nccc(Br)c2Cl)c2ccccc21. The van der Waals surface area contributed by atoms with Crippen LogP contribution in [-0.4, -0.2) is 14.8 Å². The molecule has 3 aromatic rings. The fourth-order valence-electron chi connectivity index (χ4n) is 1.93. The number of hydrogen-bond acceptors (Lipinski definition) is 2. The molecule has 3 nitrogen and oxygen atoms in total. The van der Waals surface area contributed by atoms with Crippen LogP contribution in [0.2, 0.25) is 5.02 Å². The minimum absolute atomic E-state index is 0.514. The zero-order valence-electron chi connectivity index (χ0n) is 10.6. The van der Waals surface area contributed by atoms with Crippen LogP contribution in [0.25, 0.3) is 10.9 Å². The third-order valence-electron chi connectivity index (χ3n) is 2.90. The summed E-state index contributed by atoms with van der Waals surface area (Å²) >= 11 is 9.50. The molecule has 2 heterocycles. The molecule has 0 atom stereocenters. The number of aryl methyl sites for hydroxylation is 1. The van der Waals surface area contributed by atoms with E-state index in [1.807, 2.05) is 36.0 Å². The van der Waals surface area contributed by atoms with Crippen LogP contribution in [0.4, 0.5) is 0 Å². The van der Waals surface area contributed by atoms with Crippen molar-refractivity contribution in [1.82, 2.24) is 14.8 Å². The van der Waals surface area contributed by atoms with E-state index in [2.05, 4.69) is 37.9 Å². The largest absolute Gasteiger partial charge is 0.267 e. The van der Waals surface area contributed by atoms with Crippen molar-refractivity contribution in [2.24, 2.45) is 7.05 Å². The van der Waals surface area contributed by atoms with Crippen molar-refractivity contribution >= 4 is 38.4 Å². The van der Waals surface area contributed by atoms with Crippen LogP contribution in [0.3, 0.4) is 0 Å². The first-order valence-corrected chi connectivity index (χ1v) is 7.07. The second kappa shape index (κ2) is 5.28. The van der Waals surface area contributed by atoms with E-state index in [1.54, 1.807) is 12.3 Å². The molecule has 0 aliphatic rings. The molecule has 0 aliphatic carbocycles. The monoisotopic (exact) mass is 345 g/mol. The van der Waals surface area contributed by atoms with Gasteiger partial charge in [0.1, 0.15) is 11.4 Å². The van der Waals surface area contributed by atoms with Gasteiger partial charge in [0, 0.05) is 23.1 Å². The van der Waals surface area contributed by atoms with Crippen LogP contribution >= 0.6 is 27.5 Å². The topological polar surface area (TPSA) is 30.7 Å². The van der Waals surface area contributed by atoms with Crippen LogP contribution < -0.4 is 0 Å². The Balaban J connectivity index is 2.11. The van der Waals surface area contributed by atoms with E-state index in [9.17, 15) is 0 Å². The molecule has 0 amide bonds. The highest BCUT2D eigenvalue weighted by Gasteiger charge is 2.06. The standard InChI is InChI=1S/C15H9BrClN3/c1-20-14-5-3-2-4-10(14)12(19-20)6-7-13-15(17)11(16)8-9-18-13/h2-5,8-9H,1H3. The van der Waals surface area contributed by atoms with Crippen molar-refractivity contribution in [3.8, 4) is 11.8 Å². The van der Waals surface area contributed by atoms with Gasteiger partial charge in [-0.1, -0.05) is 23.7 Å². The first-order valence-electron chi connectivity index (χ1n) is 5.90. The highest BCUT2D eigenvalue weighted by Crippen LogP contribution is 2.23. The molecule has 0 unspecified atom stereocenters. The van der Waals surface area contributed by atoms with Crippen LogP contribution in [0.15, 0.2) is 41.0 Å². The number of pyridine rings is 1. The molecule has 0 spiro atoms. The van der Waals surface area contributed by atoms with Crippen molar-refractivity contribution in [2.45, 2.75) is 0 Å². The Kier molecular flexibility index (Phi) is 3.47. The van der Waals surface area contributed by atoms with E-state index in [0.717, 1.165) is 21.1 Å². The van der Waals surface area contributed by atoms with Gasteiger partial charge in [-0.25, -0.2) is 4.98 Å². The number of para-hydroxylation sites is 1. The van der Waals surface area contributed by atoms with E-state index in [-0.39, 0.29) is 0 Å². The lowest BCUT2D eigenvalue weighted by molar-refractivity contribution is 0.792. The van der Waals surface area contributed by atoms with Gasteiger partial charge in [0.15, 0.2) is 0 Å². The summed E-state index contributed by atoms with van der Waals surface area (Å²) in [5.74, 6) is 6.02. The highest BCUT2D eigenvalue weighted by atomic mass is 79.9. The molecule has 2 aromatic heterocycles. The molecule has 0 saturated heterocycles. The van der Waals surface area contributed by atoms with Gasteiger partial charge in [-0.15, -0.1) is 0 Å². The van der Waals surface area contributed by atoms with Crippen LogP contribution in [0, 0.1) is 11.8 Å². The Morgan fingerprint density at radius 2 is 1.90 bits per heavy atom. The van der Waals surface area contributed by atoms with Gasteiger partial charge < -0.3 is 0 Å². The number of aromatic nitrogens is 3. The number of halogens is 2. The summed E-state index contributed by atoms with van der Waals surface area (Å²) in [4.78, 5) is 4.17. The fourth-order valence-corrected chi connectivity index (χ4v) is 2.40. The van der Waals surface area contributed by atoms with E-state index in [0.29, 0.717) is 10.7 Å². The van der Waals surface area contributed by atoms with Crippen molar-refractivity contribution in [2.75, 3.05) is 0 Å². The van der Waals surface area contributed by atoms with E-state index in [1.165, 1.54) is 0 Å². The van der Waals surface area contributed by atoms with Crippen molar-refractivity contribution < 1.29 is 0 Å². The predicted molar refractivity (Wildman–Crippen MR) is 83.6 cm³/mol. The van der Waals surface area contributed by atoms with Crippen molar-refractivity contribution in [3.63, 3.8) is 0 Å². The molecule has 0 saturated carbocycles. The number of hydrogen-bond donors (Lipinski definition) is 0. The van der Waals surface area contributed by atoms with Gasteiger partial charge in [-0.3, -0.25) is 4.68 Å². The molecule has 0 aliphatic heterocycles. The molecule has 98 valence electrons. The lowest BCUT2D eigenvalue weighted by Crippen LogP contribution is -1.89. The Hall–Kier alpha value is -1.83. The van der Waals surface area contributed by atoms with Gasteiger partial charge in [0.25, 0.3) is 0 Å². The maximum absolute atomic E-state index is 6.15. The summed E-state index contributed by atoms with van der Waals surface area (Å²) in [7, 11) is 1.90. The van der Waals surface area contributed by atoms with E-state index < -0.39 is 0 Å². The quantitative estimate of drug-likeness (QED) is 0.580. The summed E-state index contributed by atoms with van der Waals surface area (Å²) in [6.07, 6.45) is 1.66.